The van der Waals surface area contributed by atoms with Gasteiger partial charge in [-0.25, -0.2) is 4.79 Å². The lowest BCUT2D eigenvalue weighted by atomic mass is 10.3. The minimum Gasteiger partial charge on any atom is -0.463 e. The first kappa shape index (κ1) is 13.3. The Morgan fingerprint density at radius 3 is 2.50 bits per heavy atom. The molecule has 0 bridgehead atoms. The van der Waals surface area contributed by atoms with E-state index in [2.05, 4.69) is 6.58 Å². The summed E-state index contributed by atoms with van der Waals surface area (Å²) in [7, 11) is 1.72. The van der Waals surface area contributed by atoms with Crippen LogP contribution in [0.15, 0.2) is 12.7 Å². The average Bonchev–Trinajstić information content (AvgIpc) is 2.19. The number of ether oxygens (including phenoxy) is 1. The number of hydrogen-bond acceptors (Lipinski definition) is 4. The second kappa shape index (κ2) is 7.72. The summed E-state index contributed by atoms with van der Waals surface area (Å²) < 4.78 is 15.3. The van der Waals surface area contributed by atoms with Gasteiger partial charge >= 0.3 is 15.3 Å². The third-order valence-electron chi connectivity index (χ3n) is 1.91. The van der Waals surface area contributed by atoms with Gasteiger partial charge in [0.2, 0.25) is 0 Å². The molecule has 4 nitrogen and oxygen atoms in total. The summed E-state index contributed by atoms with van der Waals surface area (Å²) in [6.45, 7) is 5.74. The first-order valence-electron chi connectivity index (χ1n) is 4.50. The van der Waals surface area contributed by atoms with Crippen LogP contribution in [0.1, 0.15) is 13.3 Å². The van der Waals surface area contributed by atoms with Crippen molar-refractivity contribution < 1.29 is 18.4 Å². The van der Waals surface area contributed by atoms with Crippen LogP contribution in [-0.2, 0) is 18.4 Å². The minimum atomic E-state index is -1.58. The first-order valence-corrected chi connectivity index (χ1v) is 6.11. The molecule has 0 aliphatic rings. The molecule has 0 aromatic heterocycles. The predicted octanol–water partition coefficient (Wildman–Crippen LogP) is 1.01. The van der Waals surface area contributed by atoms with Crippen LogP contribution in [0.5, 0.6) is 0 Å². The van der Waals surface area contributed by atoms with Gasteiger partial charge < -0.3 is 13.6 Å². The summed E-state index contributed by atoms with van der Waals surface area (Å²) in [5, 5.41) is 0. The molecule has 1 unspecified atom stereocenters. The van der Waals surface area contributed by atoms with E-state index in [0.29, 0.717) is 12.1 Å². The summed E-state index contributed by atoms with van der Waals surface area (Å²) in [4.78, 5) is 10.7. The van der Waals surface area contributed by atoms with Crippen LogP contribution in [0.3, 0.4) is 0 Å². The van der Waals surface area contributed by atoms with Crippen LogP contribution in [0, 0.1) is 0 Å². The van der Waals surface area contributed by atoms with Gasteiger partial charge in [-0.2, -0.15) is 0 Å². The molecule has 0 aliphatic heterocycles. The van der Waals surface area contributed by atoms with Crippen LogP contribution in [0.4, 0.5) is 0 Å². The Morgan fingerprint density at radius 1 is 1.50 bits per heavy atom. The van der Waals surface area contributed by atoms with Crippen molar-refractivity contribution in [2.75, 3.05) is 20.8 Å². The average molecular weight is 218 g/mol. The number of rotatable bonds is 7. The van der Waals surface area contributed by atoms with Gasteiger partial charge in [-0.1, -0.05) is 13.5 Å². The molecule has 0 radical (unpaired) electrons. The van der Waals surface area contributed by atoms with Crippen LogP contribution in [0.25, 0.3) is 0 Å². The van der Waals surface area contributed by atoms with Gasteiger partial charge in [0.25, 0.3) is 0 Å². The summed E-state index contributed by atoms with van der Waals surface area (Å²) >= 11 is 0. The molecule has 0 rings (SSSR count). The van der Waals surface area contributed by atoms with Gasteiger partial charge in [-0.3, -0.25) is 0 Å². The minimum absolute atomic E-state index is 0.322. The van der Waals surface area contributed by atoms with Gasteiger partial charge in [0.1, 0.15) is 0 Å². The molecular weight excluding hydrogens is 200 g/mol. The third-order valence-corrected chi connectivity index (χ3v) is 4.11. The van der Waals surface area contributed by atoms with Crippen LogP contribution < -0.4 is 0 Å². The molecule has 0 aromatic rings. The van der Waals surface area contributed by atoms with Crippen molar-refractivity contribution >= 4 is 15.3 Å². The van der Waals surface area contributed by atoms with Gasteiger partial charge in [0.15, 0.2) is 0 Å². The fourth-order valence-corrected chi connectivity index (χ4v) is 2.63. The van der Waals surface area contributed by atoms with E-state index < -0.39 is 9.28 Å². The number of carbonyl (C=O) groups excluding carboxylic acids is 1. The van der Waals surface area contributed by atoms with E-state index in [1.165, 1.54) is 0 Å². The molecule has 0 amide bonds. The van der Waals surface area contributed by atoms with Gasteiger partial charge in [0.05, 0.1) is 6.61 Å². The molecule has 0 heterocycles. The van der Waals surface area contributed by atoms with E-state index in [-0.39, 0.29) is 5.97 Å². The van der Waals surface area contributed by atoms with Crippen LogP contribution >= 0.6 is 0 Å². The van der Waals surface area contributed by atoms with Crippen LogP contribution in [0.2, 0.25) is 5.54 Å². The van der Waals surface area contributed by atoms with Gasteiger partial charge in [0, 0.05) is 25.8 Å². The lowest BCUT2D eigenvalue weighted by molar-refractivity contribution is -0.137. The van der Waals surface area contributed by atoms with Gasteiger partial charge in [-0.05, 0) is 6.42 Å². The molecule has 1 atom stereocenters. The highest BCUT2D eigenvalue weighted by atomic mass is 28.3. The van der Waals surface area contributed by atoms with Crippen molar-refractivity contribution in [3.63, 3.8) is 0 Å². The highest BCUT2D eigenvalue weighted by Crippen LogP contribution is 2.15. The van der Waals surface area contributed by atoms with E-state index in [9.17, 15) is 4.79 Å². The van der Waals surface area contributed by atoms with Gasteiger partial charge in [-0.15, -0.1) is 0 Å². The van der Waals surface area contributed by atoms with E-state index in [0.717, 1.165) is 12.5 Å². The maximum atomic E-state index is 10.7. The second-order valence-electron chi connectivity index (χ2n) is 2.98. The fraction of sp³-hybridized carbons (Fsp3) is 0.667. The molecule has 0 saturated heterocycles. The maximum Gasteiger partial charge on any atom is 0.330 e. The summed E-state index contributed by atoms with van der Waals surface area (Å²) in [6.07, 6.45) is 1.92. The summed E-state index contributed by atoms with van der Waals surface area (Å²) in [6, 6.07) is 0. The van der Waals surface area contributed by atoms with E-state index >= 15 is 0 Å². The first-order chi connectivity index (χ1) is 6.65. The molecule has 0 aromatic carbocycles. The summed E-state index contributed by atoms with van der Waals surface area (Å²) in [5.74, 6) is -0.384. The molecule has 0 fully saturated rings. The molecule has 0 spiro atoms. The van der Waals surface area contributed by atoms with Crippen molar-refractivity contribution in [2.45, 2.75) is 18.9 Å². The Bertz CT molecular complexity index is 180. The number of carbonyl (C=O) groups is 1. The second-order valence-corrected chi connectivity index (χ2v) is 5.80. The quantitative estimate of drug-likeness (QED) is 0.363. The van der Waals surface area contributed by atoms with E-state index in [1.807, 2.05) is 6.92 Å². The standard InChI is InChI=1S/C9H18O4Si/c1-5-9(10)13-7-6-8(2)14(11-3)12-4/h5,8,14H,1,6-7H2,2-4H3. The summed E-state index contributed by atoms with van der Waals surface area (Å²) in [5.41, 5.74) is 0.322. The highest BCUT2D eigenvalue weighted by Gasteiger charge is 2.19. The monoisotopic (exact) mass is 218 g/mol. The zero-order valence-corrected chi connectivity index (χ0v) is 10.1. The Balaban J connectivity index is 3.66. The zero-order valence-electron chi connectivity index (χ0n) is 8.99. The highest BCUT2D eigenvalue weighted by molar-refractivity contribution is 6.46. The Labute approximate surface area is 86.7 Å². The molecular formula is C9H18O4Si. The van der Waals surface area contributed by atoms with Crippen molar-refractivity contribution in [3.05, 3.63) is 12.7 Å². The fourth-order valence-electron chi connectivity index (χ4n) is 1.10. The van der Waals surface area contributed by atoms with Crippen molar-refractivity contribution in [1.82, 2.24) is 0 Å². The Kier molecular flexibility index (Phi) is 7.36. The number of esters is 1. The van der Waals surface area contributed by atoms with E-state index in [4.69, 9.17) is 13.6 Å². The largest absolute Gasteiger partial charge is 0.463 e. The maximum absolute atomic E-state index is 10.7. The molecule has 0 aliphatic carbocycles. The zero-order chi connectivity index (χ0) is 11.0. The van der Waals surface area contributed by atoms with Crippen molar-refractivity contribution in [3.8, 4) is 0 Å². The Hall–Kier alpha value is -0.653. The number of hydrogen-bond donors (Lipinski definition) is 0. The van der Waals surface area contributed by atoms with Crippen molar-refractivity contribution in [1.29, 1.82) is 0 Å². The predicted molar refractivity (Wildman–Crippen MR) is 56.4 cm³/mol. The third kappa shape index (κ3) is 5.16. The van der Waals surface area contributed by atoms with E-state index in [1.54, 1.807) is 14.2 Å². The smallest absolute Gasteiger partial charge is 0.330 e. The Morgan fingerprint density at radius 2 is 2.07 bits per heavy atom. The molecule has 0 saturated carbocycles. The molecule has 82 valence electrons. The lowest BCUT2D eigenvalue weighted by Crippen LogP contribution is -2.25. The molecule has 14 heavy (non-hydrogen) atoms. The molecule has 0 N–H and O–H groups in total. The topological polar surface area (TPSA) is 44.8 Å². The van der Waals surface area contributed by atoms with Crippen LogP contribution in [-0.4, -0.2) is 36.1 Å². The SMILES string of the molecule is C=CC(=O)OCCC(C)[SiH](OC)OC. The van der Waals surface area contributed by atoms with Crippen molar-refractivity contribution in [2.24, 2.45) is 0 Å². The lowest BCUT2D eigenvalue weighted by Gasteiger charge is -2.18. The normalized spacial score (nSPS) is 12.6. The molecule has 5 heteroatoms.